The van der Waals surface area contributed by atoms with Gasteiger partial charge in [0.15, 0.2) is 0 Å². The molecule has 158 valence electrons. The van der Waals surface area contributed by atoms with Crippen LogP contribution in [0, 0.1) is 0 Å². The van der Waals surface area contributed by atoms with Gasteiger partial charge in [-0.25, -0.2) is 0 Å². The average molecular weight is 410 g/mol. The molecule has 1 unspecified atom stereocenters. The maximum absolute atomic E-state index is 13.1. The third-order valence-electron chi connectivity index (χ3n) is 4.83. The van der Waals surface area contributed by atoms with Gasteiger partial charge < -0.3 is 20.3 Å². The Hall–Kier alpha value is -3.39. The van der Waals surface area contributed by atoms with E-state index >= 15 is 0 Å². The maximum Gasteiger partial charge on any atom is 0.241 e. The first-order valence-corrected chi connectivity index (χ1v) is 9.71. The number of carbonyl (C=O) groups excluding carboxylic acids is 3. The van der Waals surface area contributed by atoms with Gasteiger partial charge in [0.1, 0.15) is 5.75 Å². The SMILES string of the molecule is COc1ccccc1NC(=O)CN(C)CC(=O)N1c2ccccc2NC(=O)CC1C. The Balaban J connectivity index is 1.66. The number of nitrogens with zero attached hydrogens (tertiary/aromatic N) is 2. The molecule has 30 heavy (non-hydrogen) atoms. The molecule has 0 aromatic heterocycles. The summed E-state index contributed by atoms with van der Waals surface area (Å²) in [6.07, 6.45) is 0.207. The first-order chi connectivity index (χ1) is 14.4. The van der Waals surface area contributed by atoms with Crippen LogP contribution in [0.4, 0.5) is 17.1 Å². The highest BCUT2D eigenvalue weighted by Gasteiger charge is 2.30. The van der Waals surface area contributed by atoms with E-state index < -0.39 is 0 Å². The Bertz CT molecular complexity index is 946. The monoisotopic (exact) mass is 410 g/mol. The summed E-state index contributed by atoms with van der Waals surface area (Å²) in [5.74, 6) is 0.00142. The van der Waals surface area contributed by atoms with Gasteiger partial charge in [-0.1, -0.05) is 24.3 Å². The van der Waals surface area contributed by atoms with Crippen molar-refractivity contribution in [1.29, 1.82) is 0 Å². The zero-order chi connectivity index (χ0) is 21.7. The van der Waals surface area contributed by atoms with E-state index in [0.717, 1.165) is 0 Å². The summed E-state index contributed by atoms with van der Waals surface area (Å²) < 4.78 is 5.24. The van der Waals surface area contributed by atoms with Crippen molar-refractivity contribution in [2.75, 3.05) is 42.8 Å². The Morgan fingerprint density at radius 2 is 1.87 bits per heavy atom. The van der Waals surface area contributed by atoms with Crippen LogP contribution in [0.2, 0.25) is 0 Å². The fraction of sp³-hybridized carbons (Fsp3) is 0.318. The van der Waals surface area contributed by atoms with Crippen molar-refractivity contribution in [3.63, 3.8) is 0 Å². The number of para-hydroxylation sites is 4. The third-order valence-corrected chi connectivity index (χ3v) is 4.83. The molecule has 2 N–H and O–H groups in total. The van der Waals surface area contributed by atoms with Gasteiger partial charge in [-0.3, -0.25) is 19.3 Å². The van der Waals surface area contributed by atoms with Crippen LogP contribution in [0.25, 0.3) is 0 Å². The Kier molecular flexibility index (Phi) is 6.68. The molecule has 0 aliphatic carbocycles. The summed E-state index contributed by atoms with van der Waals surface area (Å²) in [4.78, 5) is 40.9. The predicted molar refractivity (Wildman–Crippen MR) is 116 cm³/mol. The molecule has 8 nitrogen and oxygen atoms in total. The number of ether oxygens (including phenoxy) is 1. The molecule has 2 aromatic rings. The van der Waals surface area contributed by atoms with E-state index in [0.29, 0.717) is 22.8 Å². The summed E-state index contributed by atoms with van der Waals surface area (Å²) in [5.41, 5.74) is 1.84. The first-order valence-electron chi connectivity index (χ1n) is 9.71. The van der Waals surface area contributed by atoms with Crippen LogP contribution in [0.5, 0.6) is 5.75 Å². The second-order valence-corrected chi connectivity index (χ2v) is 7.30. The number of rotatable bonds is 6. The van der Waals surface area contributed by atoms with Crippen LogP contribution in [-0.2, 0) is 14.4 Å². The largest absolute Gasteiger partial charge is 0.495 e. The molecular weight excluding hydrogens is 384 g/mol. The van der Waals surface area contributed by atoms with Gasteiger partial charge in [0, 0.05) is 12.5 Å². The van der Waals surface area contributed by atoms with Crippen molar-refractivity contribution >= 4 is 34.8 Å². The second-order valence-electron chi connectivity index (χ2n) is 7.30. The van der Waals surface area contributed by atoms with E-state index in [1.807, 2.05) is 31.2 Å². The minimum absolute atomic E-state index is 0.0326. The van der Waals surface area contributed by atoms with E-state index in [-0.39, 0.29) is 43.3 Å². The molecule has 2 aromatic carbocycles. The Morgan fingerprint density at radius 1 is 1.17 bits per heavy atom. The number of hydrogen-bond acceptors (Lipinski definition) is 5. The van der Waals surface area contributed by atoms with Gasteiger partial charge in [-0.2, -0.15) is 0 Å². The maximum atomic E-state index is 13.1. The molecule has 3 amide bonds. The normalized spacial score (nSPS) is 15.8. The van der Waals surface area contributed by atoms with Gasteiger partial charge in [0.25, 0.3) is 0 Å². The average Bonchev–Trinajstić information content (AvgIpc) is 2.82. The van der Waals surface area contributed by atoms with Crippen LogP contribution in [0.3, 0.4) is 0 Å². The number of methoxy groups -OCH3 is 1. The number of hydrogen-bond donors (Lipinski definition) is 2. The molecule has 1 aliphatic heterocycles. The fourth-order valence-electron chi connectivity index (χ4n) is 3.51. The summed E-state index contributed by atoms with van der Waals surface area (Å²) in [6.45, 7) is 1.91. The Labute approximate surface area is 175 Å². The number of nitrogens with one attached hydrogen (secondary N) is 2. The molecule has 0 spiro atoms. The number of likely N-dealkylation sites (N-methyl/N-ethyl adjacent to an activating group) is 1. The minimum atomic E-state index is -0.294. The molecular formula is C22H26N4O4. The molecule has 1 aliphatic rings. The molecule has 0 radical (unpaired) electrons. The van der Waals surface area contributed by atoms with Crippen molar-refractivity contribution < 1.29 is 19.1 Å². The van der Waals surface area contributed by atoms with Crippen LogP contribution in [0.15, 0.2) is 48.5 Å². The summed E-state index contributed by atoms with van der Waals surface area (Å²) in [5, 5.41) is 5.64. The molecule has 1 heterocycles. The van der Waals surface area contributed by atoms with Gasteiger partial charge in [-0.05, 0) is 38.2 Å². The zero-order valence-corrected chi connectivity index (χ0v) is 17.3. The lowest BCUT2D eigenvalue weighted by Gasteiger charge is -2.29. The van der Waals surface area contributed by atoms with E-state index in [1.54, 1.807) is 41.1 Å². The number of carbonyl (C=O) groups is 3. The molecule has 8 heteroatoms. The summed E-state index contributed by atoms with van der Waals surface area (Å²) in [7, 11) is 3.24. The van der Waals surface area contributed by atoms with Crippen LogP contribution in [0.1, 0.15) is 13.3 Å². The lowest BCUT2D eigenvalue weighted by Crippen LogP contribution is -2.45. The molecule has 0 bridgehead atoms. The third kappa shape index (κ3) is 4.96. The lowest BCUT2D eigenvalue weighted by atomic mass is 10.1. The van der Waals surface area contributed by atoms with E-state index in [1.165, 1.54) is 7.11 Å². The van der Waals surface area contributed by atoms with Crippen molar-refractivity contribution in [3.8, 4) is 5.75 Å². The minimum Gasteiger partial charge on any atom is -0.495 e. The summed E-state index contributed by atoms with van der Waals surface area (Å²) in [6, 6.07) is 14.1. The van der Waals surface area contributed by atoms with Gasteiger partial charge in [0.2, 0.25) is 17.7 Å². The quantitative estimate of drug-likeness (QED) is 0.763. The number of fused-ring (bicyclic) bond motifs is 1. The van der Waals surface area contributed by atoms with E-state index in [4.69, 9.17) is 4.74 Å². The zero-order valence-electron chi connectivity index (χ0n) is 17.3. The first kappa shape index (κ1) is 21.3. The topological polar surface area (TPSA) is 91.0 Å². The smallest absolute Gasteiger partial charge is 0.241 e. The second kappa shape index (κ2) is 9.41. The van der Waals surface area contributed by atoms with Crippen LogP contribution >= 0.6 is 0 Å². The highest BCUT2D eigenvalue weighted by atomic mass is 16.5. The standard InChI is InChI=1S/C22H26N4O4/c1-15-12-20(27)23-16-8-4-6-10-18(16)26(15)22(29)14-25(2)13-21(28)24-17-9-5-7-11-19(17)30-3/h4-11,15H,12-14H2,1-3H3,(H,23,27)(H,24,28). The van der Waals surface area contributed by atoms with E-state index in [2.05, 4.69) is 10.6 Å². The number of anilines is 3. The molecule has 0 saturated heterocycles. The van der Waals surface area contributed by atoms with Gasteiger partial charge in [0.05, 0.1) is 37.3 Å². The number of amides is 3. The predicted octanol–water partition coefficient (Wildman–Crippen LogP) is 2.33. The molecule has 3 rings (SSSR count). The molecule has 1 atom stereocenters. The van der Waals surface area contributed by atoms with E-state index in [9.17, 15) is 14.4 Å². The van der Waals surface area contributed by atoms with Crippen molar-refractivity contribution in [2.45, 2.75) is 19.4 Å². The van der Waals surface area contributed by atoms with Gasteiger partial charge in [-0.15, -0.1) is 0 Å². The van der Waals surface area contributed by atoms with Gasteiger partial charge >= 0.3 is 0 Å². The van der Waals surface area contributed by atoms with Crippen LogP contribution < -0.4 is 20.3 Å². The number of benzene rings is 2. The van der Waals surface area contributed by atoms with Crippen molar-refractivity contribution in [1.82, 2.24) is 4.90 Å². The Morgan fingerprint density at radius 3 is 2.63 bits per heavy atom. The van der Waals surface area contributed by atoms with Crippen molar-refractivity contribution in [2.24, 2.45) is 0 Å². The summed E-state index contributed by atoms with van der Waals surface area (Å²) >= 11 is 0. The molecule has 0 saturated carbocycles. The lowest BCUT2D eigenvalue weighted by molar-refractivity contribution is -0.121. The van der Waals surface area contributed by atoms with Crippen molar-refractivity contribution in [3.05, 3.63) is 48.5 Å². The highest BCUT2D eigenvalue weighted by Crippen LogP contribution is 2.31. The fourth-order valence-corrected chi connectivity index (χ4v) is 3.51. The molecule has 0 fully saturated rings. The highest BCUT2D eigenvalue weighted by molar-refractivity contribution is 6.05. The van der Waals surface area contributed by atoms with Crippen LogP contribution in [-0.4, -0.2) is 55.9 Å².